The number of hydrogen-bond donors (Lipinski definition) is 3. The van der Waals surface area contributed by atoms with Gasteiger partial charge in [-0.15, -0.1) is 0 Å². The van der Waals surface area contributed by atoms with Gasteiger partial charge in [0.25, 0.3) is 0 Å². The van der Waals surface area contributed by atoms with Crippen molar-refractivity contribution in [1.82, 2.24) is 9.97 Å². The SMILES string of the molecule is O=c1[nH]c2ccc(NCc3ccccc3Cl)cc2[nH]c1=O. The van der Waals surface area contributed by atoms with E-state index in [1.165, 1.54) is 0 Å². The molecule has 3 aromatic rings. The van der Waals surface area contributed by atoms with E-state index in [0.717, 1.165) is 11.3 Å². The molecule has 0 saturated heterocycles. The minimum Gasteiger partial charge on any atom is -0.381 e. The Balaban J connectivity index is 1.88. The van der Waals surface area contributed by atoms with Gasteiger partial charge in [-0.2, -0.15) is 0 Å². The molecule has 0 spiro atoms. The number of aromatic nitrogens is 2. The molecule has 5 nitrogen and oxygen atoms in total. The van der Waals surface area contributed by atoms with Crippen LogP contribution in [-0.4, -0.2) is 9.97 Å². The van der Waals surface area contributed by atoms with Crippen LogP contribution >= 0.6 is 11.6 Å². The summed E-state index contributed by atoms with van der Waals surface area (Å²) in [6, 6.07) is 12.9. The minimum atomic E-state index is -0.661. The van der Waals surface area contributed by atoms with E-state index >= 15 is 0 Å². The molecule has 0 fully saturated rings. The molecular weight excluding hydrogens is 290 g/mol. The quantitative estimate of drug-likeness (QED) is 0.650. The molecule has 0 bridgehead atoms. The van der Waals surface area contributed by atoms with E-state index in [2.05, 4.69) is 15.3 Å². The van der Waals surface area contributed by atoms with Crippen molar-refractivity contribution < 1.29 is 0 Å². The first-order valence-electron chi connectivity index (χ1n) is 6.37. The van der Waals surface area contributed by atoms with Crippen LogP contribution in [0.2, 0.25) is 5.02 Å². The number of nitrogens with one attached hydrogen (secondary N) is 3. The molecule has 0 radical (unpaired) electrons. The van der Waals surface area contributed by atoms with Crippen LogP contribution in [0, 0.1) is 0 Å². The Hall–Kier alpha value is -2.53. The smallest absolute Gasteiger partial charge is 0.314 e. The summed E-state index contributed by atoms with van der Waals surface area (Å²) in [4.78, 5) is 27.6. The van der Waals surface area contributed by atoms with Gasteiger partial charge >= 0.3 is 11.1 Å². The highest BCUT2D eigenvalue weighted by molar-refractivity contribution is 6.31. The van der Waals surface area contributed by atoms with Crippen molar-refractivity contribution in [3.8, 4) is 0 Å². The molecule has 0 atom stereocenters. The van der Waals surface area contributed by atoms with Crippen LogP contribution in [0.15, 0.2) is 52.1 Å². The summed E-state index contributed by atoms with van der Waals surface area (Å²) in [7, 11) is 0. The Morgan fingerprint density at radius 3 is 2.43 bits per heavy atom. The van der Waals surface area contributed by atoms with E-state index in [0.29, 0.717) is 22.6 Å². The molecule has 3 rings (SSSR count). The molecule has 1 heterocycles. The number of H-pyrrole nitrogens is 2. The molecular formula is C15H12ClN3O2. The maximum atomic E-state index is 11.3. The second-order valence-corrected chi connectivity index (χ2v) is 5.02. The molecule has 0 unspecified atom stereocenters. The van der Waals surface area contributed by atoms with E-state index in [4.69, 9.17) is 11.6 Å². The molecule has 1 aromatic heterocycles. The van der Waals surface area contributed by atoms with Gasteiger partial charge in [0.1, 0.15) is 0 Å². The van der Waals surface area contributed by atoms with Gasteiger partial charge in [-0.05, 0) is 29.8 Å². The Labute approximate surface area is 124 Å². The lowest BCUT2D eigenvalue weighted by Gasteiger charge is -2.08. The fraction of sp³-hybridized carbons (Fsp3) is 0.0667. The first-order valence-corrected chi connectivity index (χ1v) is 6.75. The fourth-order valence-electron chi connectivity index (χ4n) is 2.06. The van der Waals surface area contributed by atoms with Gasteiger partial charge in [-0.1, -0.05) is 29.8 Å². The van der Waals surface area contributed by atoms with Crippen molar-refractivity contribution in [2.24, 2.45) is 0 Å². The van der Waals surface area contributed by atoms with E-state index in [9.17, 15) is 9.59 Å². The molecule has 0 aliphatic rings. The average Bonchev–Trinajstić information content (AvgIpc) is 2.48. The standard InChI is InChI=1S/C15H12ClN3O2/c16-11-4-2-1-3-9(11)8-17-10-5-6-12-13(7-10)19-15(21)14(20)18-12/h1-7,17H,8H2,(H,18,20)(H,19,21). The van der Waals surface area contributed by atoms with Gasteiger partial charge in [-0.25, -0.2) is 0 Å². The number of hydrogen-bond acceptors (Lipinski definition) is 3. The highest BCUT2D eigenvalue weighted by atomic mass is 35.5. The summed E-state index contributed by atoms with van der Waals surface area (Å²) >= 11 is 6.10. The van der Waals surface area contributed by atoms with Crippen molar-refractivity contribution in [3.05, 3.63) is 73.8 Å². The molecule has 0 amide bonds. The zero-order valence-corrected chi connectivity index (χ0v) is 11.7. The third-order valence-electron chi connectivity index (χ3n) is 3.16. The predicted octanol–water partition coefficient (Wildman–Crippen LogP) is 2.48. The first kappa shape index (κ1) is 13.5. The molecule has 3 N–H and O–H groups in total. The van der Waals surface area contributed by atoms with Crippen molar-refractivity contribution in [3.63, 3.8) is 0 Å². The Bertz CT molecular complexity index is 914. The number of aromatic amines is 2. The monoisotopic (exact) mass is 301 g/mol. The molecule has 0 aliphatic heterocycles. The normalized spacial score (nSPS) is 10.7. The highest BCUT2D eigenvalue weighted by Gasteiger charge is 2.02. The maximum absolute atomic E-state index is 11.3. The first-order chi connectivity index (χ1) is 10.1. The molecule has 21 heavy (non-hydrogen) atoms. The second kappa shape index (κ2) is 5.46. The topological polar surface area (TPSA) is 77.8 Å². The van der Waals surface area contributed by atoms with Gasteiger partial charge in [0.2, 0.25) is 0 Å². The minimum absolute atomic E-state index is 0.568. The van der Waals surface area contributed by atoms with Crippen LogP contribution < -0.4 is 16.4 Å². The van der Waals surface area contributed by atoms with E-state index in [1.807, 2.05) is 30.3 Å². The summed E-state index contributed by atoms with van der Waals surface area (Å²) in [5, 5.41) is 3.93. The van der Waals surface area contributed by atoms with Crippen molar-refractivity contribution >= 4 is 28.3 Å². The average molecular weight is 302 g/mol. The Morgan fingerprint density at radius 1 is 0.952 bits per heavy atom. The predicted molar refractivity (Wildman–Crippen MR) is 84.0 cm³/mol. The van der Waals surface area contributed by atoms with Gasteiger partial charge in [0, 0.05) is 17.3 Å². The van der Waals surface area contributed by atoms with Crippen LogP contribution in [0.3, 0.4) is 0 Å². The molecule has 0 aliphatic carbocycles. The van der Waals surface area contributed by atoms with Crippen LogP contribution in [0.25, 0.3) is 11.0 Å². The maximum Gasteiger partial charge on any atom is 0.314 e. The van der Waals surface area contributed by atoms with Crippen LogP contribution in [0.4, 0.5) is 5.69 Å². The number of halogens is 1. The Morgan fingerprint density at radius 2 is 1.67 bits per heavy atom. The summed E-state index contributed by atoms with van der Waals surface area (Å²) in [6.45, 7) is 0.568. The van der Waals surface area contributed by atoms with Gasteiger partial charge in [0.15, 0.2) is 0 Å². The lowest BCUT2D eigenvalue weighted by molar-refractivity contribution is 1.13. The summed E-state index contributed by atoms with van der Waals surface area (Å²) in [5.74, 6) is 0. The summed E-state index contributed by atoms with van der Waals surface area (Å²) in [5.41, 5.74) is 1.65. The number of benzene rings is 2. The largest absolute Gasteiger partial charge is 0.381 e. The van der Waals surface area contributed by atoms with E-state index in [1.54, 1.807) is 12.1 Å². The molecule has 106 valence electrons. The zero-order valence-electron chi connectivity index (χ0n) is 10.9. The number of fused-ring (bicyclic) bond motifs is 1. The van der Waals surface area contributed by atoms with Gasteiger partial charge < -0.3 is 15.3 Å². The van der Waals surface area contributed by atoms with Crippen LogP contribution in [0.5, 0.6) is 0 Å². The third kappa shape index (κ3) is 2.83. The van der Waals surface area contributed by atoms with Gasteiger partial charge in [0.05, 0.1) is 11.0 Å². The van der Waals surface area contributed by atoms with Crippen LogP contribution in [-0.2, 0) is 6.54 Å². The van der Waals surface area contributed by atoms with Crippen molar-refractivity contribution in [2.75, 3.05) is 5.32 Å². The van der Waals surface area contributed by atoms with Crippen molar-refractivity contribution in [2.45, 2.75) is 6.54 Å². The molecule has 2 aromatic carbocycles. The second-order valence-electron chi connectivity index (χ2n) is 4.61. The number of anilines is 1. The Kier molecular flexibility index (Phi) is 3.50. The lowest BCUT2D eigenvalue weighted by Crippen LogP contribution is -2.28. The summed E-state index contributed by atoms with van der Waals surface area (Å²) in [6.07, 6.45) is 0. The van der Waals surface area contributed by atoms with Crippen molar-refractivity contribution in [1.29, 1.82) is 0 Å². The summed E-state index contributed by atoms with van der Waals surface area (Å²) < 4.78 is 0. The third-order valence-corrected chi connectivity index (χ3v) is 3.53. The van der Waals surface area contributed by atoms with E-state index < -0.39 is 11.1 Å². The fourth-order valence-corrected chi connectivity index (χ4v) is 2.27. The van der Waals surface area contributed by atoms with Crippen LogP contribution in [0.1, 0.15) is 5.56 Å². The lowest BCUT2D eigenvalue weighted by atomic mass is 10.2. The highest BCUT2D eigenvalue weighted by Crippen LogP contribution is 2.18. The molecule has 6 heteroatoms. The van der Waals surface area contributed by atoms with Gasteiger partial charge in [-0.3, -0.25) is 9.59 Å². The molecule has 0 saturated carbocycles. The van der Waals surface area contributed by atoms with E-state index in [-0.39, 0.29) is 0 Å². The number of rotatable bonds is 3. The zero-order chi connectivity index (χ0) is 14.8.